The molecule has 0 aliphatic carbocycles. The molecule has 2 N–H and O–H groups in total. The summed E-state index contributed by atoms with van der Waals surface area (Å²) in [7, 11) is 0. The van der Waals surface area contributed by atoms with Crippen molar-refractivity contribution in [3.63, 3.8) is 0 Å². The van der Waals surface area contributed by atoms with Gasteiger partial charge in [0.15, 0.2) is 0 Å². The molecule has 60 valence electrons. The van der Waals surface area contributed by atoms with Gasteiger partial charge in [-0.05, 0) is 13.0 Å². The number of rotatable bonds is 1. The molecule has 1 fully saturated rings. The Hall–Kier alpha value is -0.350. The van der Waals surface area contributed by atoms with Gasteiger partial charge in [0.05, 0.1) is 0 Å². The topological polar surface area (TPSA) is 49.3 Å². The lowest BCUT2D eigenvalue weighted by atomic mass is 10.2. The van der Waals surface area contributed by atoms with Crippen LogP contribution in [0, 0.1) is 0 Å². The van der Waals surface area contributed by atoms with E-state index in [0.717, 1.165) is 0 Å². The Labute approximate surface area is 64.0 Å². The van der Waals surface area contributed by atoms with Crippen molar-refractivity contribution < 1.29 is 14.3 Å². The van der Waals surface area contributed by atoms with Gasteiger partial charge in [-0.2, -0.15) is 0 Å². The first-order valence-electron chi connectivity index (χ1n) is 2.82. The molecule has 0 saturated carbocycles. The lowest BCUT2D eigenvalue weighted by molar-refractivity contribution is -0.152. The van der Waals surface area contributed by atoms with Gasteiger partial charge in [-0.1, -0.05) is 0 Å². The van der Waals surface area contributed by atoms with Crippen molar-refractivity contribution in [1.82, 2.24) is 5.32 Å². The minimum Gasteiger partial charge on any atom is -0.478 e. The maximum Gasteiger partial charge on any atom is 0.356 e. The van der Waals surface area contributed by atoms with E-state index in [1.54, 1.807) is 0 Å². The van der Waals surface area contributed by atoms with Gasteiger partial charge in [0.1, 0.15) is 0 Å². The maximum atomic E-state index is 12.7. The SMILES string of the molecule is Cl.O=C(O)[C@@]1(F)CCCN1. The second kappa shape index (κ2) is 3.16. The first-order chi connectivity index (χ1) is 4.15. The molecule has 1 aliphatic heterocycles. The fourth-order valence-corrected chi connectivity index (χ4v) is 0.889. The lowest BCUT2D eigenvalue weighted by Gasteiger charge is -2.11. The van der Waals surface area contributed by atoms with E-state index in [1.165, 1.54) is 0 Å². The van der Waals surface area contributed by atoms with Gasteiger partial charge in [0, 0.05) is 6.42 Å². The Balaban J connectivity index is 0.000000810. The largest absolute Gasteiger partial charge is 0.478 e. The van der Waals surface area contributed by atoms with Crippen LogP contribution < -0.4 is 5.32 Å². The number of carboxylic acids is 1. The van der Waals surface area contributed by atoms with Gasteiger partial charge in [-0.3, -0.25) is 5.32 Å². The highest BCUT2D eigenvalue weighted by Crippen LogP contribution is 2.20. The molecule has 0 spiro atoms. The van der Waals surface area contributed by atoms with Crippen molar-refractivity contribution >= 4 is 18.4 Å². The van der Waals surface area contributed by atoms with Crippen LogP contribution in [-0.2, 0) is 4.79 Å². The van der Waals surface area contributed by atoms with Crippen LogP contribution in [0.25, 0.3) is 0 Å². The number of aliphatic carboxylic acids is 1. The van der Waals surface area contributed by atoms with Crippen LogP contribution in [0.4, 0.5) is 4.39 Å². The van der Waals surface area contributed by atoms with E-state index in [4.69, 9.17) is 5.11 Å². The zero-order valence-corrected chi connectivity index (χ0v) is 6.08. The minimum atomic E-state index is -2.14. The standard InChI is InChI=1S/C5H8FNO2.ClH/c6-5(4(8)9)2-1-3-7-5;/h7H,1-3H2,(H,8,9);1H/t5-;/m1./s1. The van der Waals surface area contributed by atoms with Crippen molar-refractivity contribution in [2.45, 2.75) is 18.6 Å². The van der Waals surface area contributed by atoms with Crippen LogP contribution in [0.1, 0.15) is 12.8 Å². The van der Waals surface area contributed by atoms with Crippen molar-refractivity contribution in [3.05, 3.63) is 0 Å². The summed E-state index contributed by atoms with van der Waals surface area (Å²) < 4.78 is 12.7. The Morgan fingerprint density at radius 1 is 1.70 bits per heavy atom. The Bertz CT molecular complexity index is 136. The fraction of sp³-hybridized carbons (Fsp3) is 0.800. The maximum absolute atomic E-state index is 12.7. The molecule has 1 aliphatic rings. The molecule has 0 bridgehead atoms. The van der Waals surface area contributed by atoms with Crippen LogP contribution in [0.2, 0.25) is 0 Å². The average Bonchev–Trinajstić information content (AvgIpc) is 2.16. The predicted octanol–water partition coefficient (Wildman–Crippen LogP) is 0.542. The van der Waals surface area contributed by atoms with Gasteiger partial charge in [0.25, 0.3) is 5.79 Å². The quantitative estimate of drug-likeness (QED) is 0.564. The van der Waals surface area contributed by atoms with Crippen molar-refractivity contribution in [2.75, 3.05) is 6.54 Å². The second-order valence-electron chi connectivity index (χ2n) is 2.14. The van der Waals surface area contributed by atoms with E-state index in [-0.39, 0.29) is 18.8 Å². The fourth-order valence-electron chi connectivity index (χ4n) is 0.889. The summed E-state index contributed by atoms with van der Waals surface area (Å²) in [5, 5.41) is 10.5. The van der Waals surface area contributed by atoms with Crippen molar-refractivity contribution in [3.8, 4) is 0 Å². The molecular formula is C5H9ClFNO2. The number of hydrogen-bond donors (Lipinski definition) is 2. The Kier molecular flexibility index (Phi) is 3.05. The first kappa shape index (κ1) is 9.65. The summed E-state index contributed by atoms with van der Waals surface area (Å²) in [6.07, 6.45) is 0.686. The highest BCUT2D eigenvalue weighted by Gasteiger charge is 2.41. The Morgan fingerprint density at radius 2 is 2.30 bits per heavy atom. The van der Waals surface area contributed by atoms with Crippen LogP contribution in [-0.4, -0.2) is 23.4 Å². The third-order valence-corrected chi connectivity index (χ3v) is 1.44. The highest BCUT2D eigenvalue weighted by molar-refractivity contribution is 5.85. The first-order valence-corrected chi connectivity index (χ1v) is 2.82. The molecule has 1 atom stereocenters. The molecule has 3 nitrogen and oxygen atoms in total. The van der Waals surface area contributed by atoms with E-state index in [2.05, 4.69) is 5.32 Å². The zero-order valence-electron chi connectivity index (χ0n) is 5.26. The van der Waals surface area contributed by atoms with E-state index < -0.39 is 11.8 Å². The molecule has 0 unspecified atom stereocenters. The number of alkyl halides is 1. The zero-order chi connectivity index (χ0) is 6.91. The van der Waals surface area contributed by atoms with Gasteiger partial charge < -0.3 is 5.11 Å². The summed E-state index contributed by atoms with van der Waals surface area (Å²) in [4.78, 5) is 10.1. The lowest BCUT2D eigenvalue weighted by Crippen LogP contribution is -2.42. The normalized spacial score (nSPS) is 31.3. The van der Waals surface area contributed by atoms with E-state index >= 15 is 0 Å². The van der Waals surface area contributed by atoms with Crippen LogP contribution in [0.15, 0.2) is 0 Å². The number of nitrogens with one attached hydrogen (secondary N) is 1. The van der Waals surface area contributed by atoms with Crippen LogP contribution in [0.3, 0.4) is 0 Å². The van der Waals surface area contributed by atoms with Gasteiger partial charge >= 0.3 is 5.97 Å². The number of carbonyl (C=O) groups is 1. The smallest absolute Gasteiger partial charge is 0.356 e. The highest BCUT2D eigenvalue weighted by atomic mass is 35.5. The molecule has 1 rings (SSSR count). The molecule has 0 radical (unpaired) electrons. The molecular weight excluding hydrogens is 161 g/mol. The minimum absolute atomic E-state index is 0. The van der Waals surface area contributed by atoms with E-state index in [9.17, 15) is 9.18 Å². The van der Waals surface area contributed by atoms with Crippen molar-refractivity contribution in [1.29, 1.82) is 0 Å². The molecule has 0 amide bonds. The molecule has 10 heavy (non-hydrogen) atoms. The van der Waals surface area contributed by atoms with E-state index in [0.29, 0.717) is 13.0 Å². The summed E-state index contributed by atoms with van der Waals surface area (Å²) in [6, 6.07) is 0. The molecule has 0 aromatic carbocycles. The third kappa shape index (κ3) is 1.58. The molecule has 1 heterocycles. The number of carboxylic acid groups (broad SMARTS) is 1. The van der Waals surface area contributed by atoms with E-state index in [1.807, 2.05) is 0 Å². The van der Waals surface area contributed by atoms with Crippen LogP contribution >= 0.6 is 12.4 Å². The van der Waals surface area contributed by atoms with Crippen LogP contribution in [0.5, 0.6) is 0 Å². The Morgan fingerprint density at radius 3 is 2.50 bits per heavy atom. The molecule has 5 heteroatoms. The molecule has 0 aromatic heterocycles. The summed E-state index contributed by atoms with van der Waals surface area (Å²) in [6.45, 7) is 0.461. The number of halogens is 2. The van der Waals surface area contributed by atoms with Crippen molar-refractivity contribution in [2.24, 2.45) is 0 Å². The molecule has 1 saturated heterocycles. The summed E-state index contributed by atoms with van der Waals surface area (Å²) >= 11 is 0. The van der Waals surface area contributed by atoms with Gasteiger partial charge in [-0.15, -0.1) is 12.4 Å². The summed E-state index contributed by atoms with van der Waals surface area (Å²) in [5.74, 6) is -3.54. The average molecular weight is 170 g/mol. The third-order valence-electron chi connectivity index (χ3n) is 1.44. The number of hydrogen-bond acceptors (Lipinski definition) is 2. The summed E-state index contributed by atoms with van der Waals surface area (Å²) in [5.41, 5.74) is 0. The predicted molar refractivity (Wildman–Crippen MR) is 36.0 cm³/mol. The monoisotopic (exact) mass is 169 g/mol. The van der Waals surface area contributed by atoms with Gasteiger partial charge in [0.2, 0.25) is 0 Å². The second-order valence-corrected chi connectivity index (χ2v) is 2.14. The molecule has 0 aromatic rings. The van der Waals surface area contributed by atoms with Gasteiger partial charge in [-0.25, -0.2) is 9.18 Å².